The molecule has 9 nitrogen and oxygen atoms in total. The standard InChI is InChI=1S/C34H24F3N3O6S2/c1-45-24-15-19(11-13-23(24)46-16-25(41)38-20-12-10-17-6-2-3-7-18(17)14-20)26-27-29(47-30-28(26)48-33(44)39-30)32(43)40(31(27)42)22-9-5-4-8-21(22)34(35,36)37/h2-15,26-27,29H,16H2,1H3,(H,38,41)(H,39,44). The SMILES string of the molecule is COc1cc(C2c3sc(=O)[nH]c3SC3C(=O)N(c4ccccc4C(F)(F)F)C(=O)C32)ccc1OCC(=O)Nc1ccc2ccccc2c1. The number of nitrogens with one attached hydrogen (secondary N) is 2. The van der Waals surface area contributed by atoms with Crippen molar-refractivity contribution in [3.05, 3.63) is 111 Å². The normalized spacial score (nSPS) is 18.8. The zero-order chi connectivity index (χ0) is 33.7. The molecule has 1 saturated heterocycles. The molecule has 7 rings (SSSR count). The zero-order valence-corrected chi connectivity index (χ0v) is 26.5. The van der Waals surface area contributed by atoms with Crippen LogP contribution in [0.1, 0.15) is 21.9 Å². The van der Waals surface area contributed by atoms with Gasteiger partial charge in [0.25, 0.3) is 5.91 Å². The van der Waals surface area contributed by atoms with Gasteiger partial charge in [0.15, 0.2) is 18.1 Å². The summed E-state index contributed by atoms with van der Waals surface area (Å²) in [5.41, 5.74) is -0.589. The minimum absolute atomic E-state index is 0.209. The van der Waals surface area contributed by atoms with Gasteiger partial charge in [-0.1, -0.05) is 71.6 Å². The first kappa shape index (κ1) is 31.5. The number of aromatic nitrogens is 1. The number of ether oxygens (including phenoxy) is 2. The molecule has 0 saturated carbocycles. The average Bonchev–Trinajstić information content (AvgIpc) is 3.56. The second-order valence-electron chi connectivity index (χ2n) is 11.1. The molecule has 244 valence electrons. The van der Waals surface area contributed by atoms with Crippen molar-refractivity contribution in [2.45, 2.75) is 22.4 Å². The molecule has 3 unspecified atom stereocenters. The third-order valence-electron chi connectivity index (χ3n) is 8.21. The smallest absolute Gasteiger partial charge is 0.418 e. The van der Waals surface area contributed by atoms with Crippen LogP contribution in [0.5, 0.6) is 11.5 Å². The third-order valence-corrected chi connectivity index (χ3v) is 10.6. The molecule has 0 radical (unpaired) electrons. The van der Waals surface area contributed by atoms with E-state index in [2.05, 4.69) is 10.3 Å². The van der Waals surface area contributed by atoms with Gasteiger partial charge in [0.1, 0.15) is 5.25 Å². The Labute approximate surface area is 278 Å². The average molecular weight is 692 g/mol. The number of nitrogens with zero attached hydrogens (tertiary/aromatic N) is 1. The molecule has 0 bridgehead atoms. The van der Waals surface area contributed by atoms with Crippen LogP contribution in [0.15, 0.2) is 94.7 Å². The number of benzene rings is 4. The van der Waals surface area contributed by atoms with Crippen molar-refractivity contribution < 1.29 is 37.0 Å². The number of methoxy groups -OCH3 is 1. The highest BCUT2D eigenvalue weighted by Crippen LogP contribution is 2.54. The van der Waals surface area contributed by atoms with E-state index in [-0.39, 0.29) is 18.1 Å². The Kier molecular flexibility index (Phi) is 8.00. The van der Waals surface area contributed by atoms with Crippen LogP contribution in [-0.2, 0) is 20.6 Å². The Morgan fingerprint density at radius 2 is 1.67 bits per heavy atom. The van der Waals surface area contributed by atoms with Crippen molar-refractivity contribution >= 4 is 63.0 Å². The molecule has 0 spiro atoms. The van der Waals surface area contributed by atoms with Crippen LogP contribution in [0, 0.1) is 5.92 Å². The van der Waals surface area contributed by atoms with Gasteiger partial charge in [0.2, 0.25) is 11.8 Å². The van der Waals surface area contributed by atoms with Crippen LogP contribution in [0.4, 0.5) is 24.5 Å². The fourth-order valence-electron chi connectivity index (χ4n) is 6.13. The van der Waals surface area contributed by atoms with Crippen molar-refractivity contribution in [3.63, 3.8) is 0 Å². The molecule has 1 fully saturated rings. The van der Waals surface area contributed by atoms with E-state index in [1.165, 1.54) is 19.2 Å². The summed E-state index contributed by atoms with van der Waals surface area (Å²) in [6, 6.07) is 22.4. The number of alkyl halides is 3. The summed E-state index contributed by atoms with van der Waals surface area (Å²) in [6.45, 7) is -0.350. The number of aromatic amines is 1. The molecule has 14 heteroatoms. The molecular weight excluding hydrogens is 668 g/mol. The second kappa shape index (κ2) is 12.2. The van der Waals surface area contributed by atoms with Gasteiger partial charge in [0, 0.05) is 16.5 Å². The molecule has 3 heterocycles. The van der Waals surface area contributed by atoms with Crippen molar-refractivity contribution in [1.82, 2.24) is 4.98 Å². The summed E-state index contributed by atoms with van der Waals surface area (Å²) < 4.78 is 53.1. The number of H-pyrrole nitrogens is 1. The minimum atomic E-state index is -4.81. The first-order valence-electron chi connectivity index (χ1n) is 14.6. The van der Waals surface area contributed by atoms with Gasteiger partial charge < -0.3 is 19.8 Å². The van der Waals surface area contributed by atoms with Gasteiger partial charge in [-0.15, -0.1) is 0 Å². The van der Waals surface area contributed by atoms with Gasteiger partial charge in [-0.2, -0.15) is 13.2 Å². The van der Waals surface area contributed by atoms with E-state index in [1.54, 1.807) is 24.3 Å². The maximum Gasteiger partial charge on any atom is 0.418 e. The number of imide groups is 1. The number of thiazole rings is 1. The van der Waals surface area contributed by atoms with E-state index in [0.717, 1.165) is 46.0 Å². The number of hydrogen-bond acceptors (Lipinski definition) is 8. The Morgan fingerprint density at radius 3 is 2.44 bits per heavy atom. The molecule has 1 aromatic heterocycles. The molecule has 2 N–H and O–H groups in total. The number of para-hydroxylation sites is 1. The molecule has 3 atom stereocenters. The van der Waals surface area contributed by atoms with Crippen molar-refractivity contribution in [1.29, 1.82) is 0 Å². The lowest BCUT2D eigenvalue weighted by molar-refractivity contribution is -0.137. The molecule has 0 aliphatic carbocycles. The van der Waals surface area contributed by atoms with E-state index in [9.17, 15) is 32.3 Å². The quantitative estimate of drug-likeness (QED) is 0.189. The number of carbonyl (C=O) groups excluding carboxylic acids is 3. The number of fused-ring (bicyclic) bond motifs is 3. The fourth-order valence-corrected chi connectivity index (χ4v) is 8.64. The van der Waals surface area contributed by atoms with E-state index >= 15 is 0 Å². The Balaban J connectivity index is 1.17. The van der Waals surface area contributed by atoms with Crippen LogP contribution >= 0.6 is 23.1 Å². The molecule has 5 aromatic rings. The Bertz CT molecular complexity index is 2160. The van der Waals surface area contributed by atoms with Crippen LogP contribution in [0.25, 0.3) is 10.8 Å². The lowest BCUT2D eigenvalue weighted by Gasteiger charge is -2.30. The number of carbonyl (C=O) groups is 3. The van der Waals surface area contributed by atoms with E-state index in [4.69, 9.17) is 9.47 Å². The Morgan fingerprint density at radius 1 is 0.917 bits per heavy atom. The summed E-state index contributed by atoms with van der Waals surface area (Å²) in [7, 11) is 1.39. The van der Waals surface area contributed by atoms with Crippen molar-refractivity contribution in [2.75, 3.05) is 23.9 Å². The van der Waals surface area contributed by atoms with Gasteiger partial charge in [-0.25, -0.2) is 4.90 Å². The highest BCUT2D eigenvalue weighted by atomic mass is 32.2. The highest BCUT2D eigenvalue weighted by molar-refractivity contribution is 8.00. The number of thioether (sulfide) groups is 1. The van der Waals surface area contributed by atoms with Crippen molar-refractivity contribution in [3.8, 4) is 11.5 Å². The molecule has 2 aliphatic heterocycles. The predicted octanol–water partition coefficient (Wildman–Crippen LogP) is 6.43. The number of hydrogen-bond donors (Lipinski definition) is 2. The lowest BCUT2D eigenvalue weighted by atomic mass is 9.83. The molecule has 3 amide bonds. The lowest BCUT2D eigenvalue weighted by Crippen LogP contribution is -2.33. The number of halogens is 3. The molecule has 2 aliphatic rings. The molecular formula is C34H24F3N3O6S2. The zero-order valence-electron chi connectivity index (χ0n) is 24.9. The number of anilines is 2. The number of amides is 3. The fraction of sp³-hybridized carbons (Fsp3) is 0.176. The van der Waals surface area contributed by atoms with E-state index in [0.29, 0.717) is 26.1 Å². The first-order valence-corrected chi connectivity index (χ1v) is 16.3. The second-order valence-corrected chi connectivity index (χ2v) is 13.3. The van der Waals surface area contributed by atoms with E-state index < -0.39 is 57.1 Å². The Hall–Kier alpha value is -5.08. The summed E-state index contributed by atoms with van der Waals surface area (Å²) in [4.78, 5) is 56.2. The topological polar surface area (TPSA) is 118 Å². The minimum Gasteiger partial charge on any atom is -0.493 e. The summed E-state index contributed by atoms with van der Waals surface area (Å²) in [6.07, 6.45) is -4.81. The highest BCUT2D eigenvalue weighted by Gasteiger charge is 2.57. The van der Waals surface area contributed by atoms with Gasteiger partial charge in [-0.05, 0) is 52.7 Å². The largest absolute Gasteiger partial charge is 0.493 e. The summed E-state index contributed by atoms with van der Waals surface area (Å²) in [5.74, 6) is -3.59. The monoisotopic (exact) mass is 691 g/mol. The van der Waals surface area contributed by atoms with Crippen LogP contribution in [0.2, 0.25) is 0 Å². The first-order chi connectivity index (χ1) is 23.0. The van der Waals surface area contributed by atoms with Crippen LogP contribution in [0.3, 0.4) is 0 Å². The van der Waals surface area contributed by atoms with Crippen LogP contribution < -0.4 is 24.6 Å². The van der Waals surface area contributed by atoms with Crippen molar-refractivity contribution in [2.24, 2.45) is 5.92 Å². The van der Waals surface area contributed by atoms with Gasteiger partial charge in [0.05, 0.1) is 29.3 Å². The third kappa shape index (κ3) is 5.60. The van der Waals surface area contributed by atoms with Gasteiger partial charge >= 0.3 is 11.0 Å². The number of rotatable bonds is 7. The molecule has 48 heavy (non-hydrogen) atoms. The van der Waals surface area contributed by atoms with Gasteiger partial charge in [-0.3, -0.25) is 19.2 Å². The molecule has 4 aromatic carbocycles. The maximum absolute atomic E-state index is 14.0. The summed E-state index contributed by atoms with van der Waals surface area (Å²) >= 11 is 1.82. The summed E-state index contributed by atoms with van der Waals surface area (Å²) in [5, 5.41) is 4.06. The predicted molar refractivity (Wildman–Crippen MR) is 175 cm³/mol. The maximum atomic E-state index is 14.0. The van der Waals surface area contributed by atoms with E-state index in [1.807, 2.05) is 36.4 Å². The van der Waals surface area contributed by atoms with Crippen LogP contribution in [-0.4, -0.2) is 41.7 Å².